The molecule has 3 rings (SSSR count). The SMILES string of the molecule is COc1cc2oc(C)c(C)c2cc1/C(C)=C/C(=O)N1CCN(C(=O)OC(C)(C)C)CC1. The second-order valence-corrected chi connectivity index (χ2v) is 8.95. The molecular formula is C24H32N2O5. The lowest BCUT2D eigenvalue weighted by molar-refractivity contribution is -0.127. The van der Waals surface area contributed by atoms with E-state index in [1.54, 1.807) is 23.0 Å². The molecule has 0 unspecified atom stereocenters. The molecule has 1 aromatic heterocycles. The number of rotatable bonds is 3. The number of carbonyl (C=O) groups is 2. The van der Waals surface area contributed by atoms with Gasteiger partial charge in [0.1, 0.15) is 22.7 Å². The van der Waals surface area contributed by atoms with Crippen molar-refractivity contribution >= 4 is 28.5 Å². The fourth-order valence-corrected chi connectivity index (χ4v) is 3.64. The minimum Gasteiger partial charge on any atom is -0.496 e. The molecular weight excluding hydrogens is 396 g/mol. The second kappa shape index (κ2) is 8.65. The van der Waals surface area contributed by atoms with Crippen molar-refractivity contribution in [2.24, 2.45) is 0 Å². The predicted octanol–water partition coefficient (Wildman–Crippen LogP) is 4.54. The van der Waals surface area contributed by atoms with Crippen LogP contribution in [0.3, 0.4) is 0 Å². The van der Waals surface area contributed by atoms with Crippen LogP contribution in [0.15, 0.2) is 22.6 Å². The Morgan fingerprint density at radius 1 is 1.06 bits per heavy atom. The molecule has 1 saturated heterocycles. The normalized spacial score (nSPS) is 15.4. The molecule has 168 valence electrons. The lowest BCUT2D eigenvalue weighted by Crippen LogP contribution is -2.51. The van der Waals surface area contributed by atoms with Crippen LogP contribution in [0, 0.1) is 13.8 Å². The number of ether oxygens (including phenoxy) is 2. The van der Waals surface area contributed by atoms with Gasteiger partial charge in [0.25, 0.3) is 0 Å². The summed E-state index contributed by atoms with van der Waals surface area (Å²) in [5.74, 6) is 1.45. The third-order valence-corrected chi connectivity index (χ3v) is 5.50. The first-order chi connectivity index (χ1) is 14.5. The Labute approximate surface area is 183 Å². The molecule has 1 aliphatic rings. The zero-order valence-electron chi connectivity index (χ0n) is 19.5. The number of furan rings is 1. The molecule has 7 nitrogen and oxygen atoms in total. The van der Waals surface area contributed by atoms with Crippen LogP contribution in [0.2, 0.25) is 0 Å². The van der Waals surface area contributed by atoms with Crippen LogP contribution >= 0.6 is 0 Å². The van der Waals surface area contributed by atoms with E-state index < -0.39 is 5.60 Å². The van der Waals surface area contributed by atoms with Crippen molar-refractivity contribution in [3.05, 3.63) is 35.1 Å². The number of piperazine rings is 1. The summed E-state index contributed by atoms with van der Waals surface area (Å²) < 4.78 is 16.8. The molecule has 0 bridgehead atoms. The van der Waals surface area contributed by atoms with Crippen molar-refractivity contribution in [2.75, 3.05) is 33.3 Å². The number of benzene rings is 1. The molecule has 1 aromatic carbocycles. The Bertz CT molecular complexity index is 1020. The van der Waals surface area contributed by atoms with Crippen LogP contribution < -0.4 is 4.74 Å². The average Bonchev–Trinajstić information content (AvgIpc) is 2.98. The molecule has 0 radical (unpaired) electrons. The van der Waals surface area contributed by atoms with Gasteiger partial charge < -0.3 is 23.7 Å². The fraction of sp³-hybridized carbons (Fsp3) is 0.500. The summed E-state index contributed by atoms with van der Waals surface area (Å²) in [7, 11) is 1.61. The van der Waals surface area contributed by atoms with E-state index >= 15 is 0 Å². The van der Waals surface area contributed by atoms with Crippen LogP contribution in [-0.4, -0.2) is 60.7 Å². The first kappa shape index (κ1) is 22.7. The Hall–Kier alpha value is -2.96. The maximum absolute atomic E-state index is 12.9. The maximum Gasteiger partial charge on any atom is 0.410 e. The van der Waals surface area contributed by atoms with Gasteiger partial charge in [-0.05, 0) is 58.7 Å². The van der Waals surface area contributed by atoms with Crippen molar-refractivity contribution in [1.29, 1.82) is 0 Å². The minimum absolute atomic E-state index is 0.0800. The predicted molar refractivity (Wildman–Crippen MR) is 120 cm³/mol. The van der Waals surface area contributed by atoms with E-state index in [1.807, 2.05) is 53.7 Å². The number of fused-ring (bicyclic) bond motifs is 1. The van der Waals surface area contributed by atoms with Crippen molar-refractivity contribution in [2.45, 2.75) is 47.1 Å². The van der Waals surface area contributed by atoms with Gasteiger partial charge in [0.05, 0.1) is 7.11 Å². The number of aryl methyl sites for hydroxylation is 2. The van der Waals surface area contributed by atoms with Gasteiger partial charge in [0.2, 0.25) is 5.91 Å². The molecule has 2 amide bonds. The molecule has 7 heteroatoms. The number of allylic oxidation sites excluding steroid dienone is 1. The highest BCUT2D eigenvalue weighted by atomic mass is 16.6. The van der Waals surface area contributed by atoms with Crippen LogP contribution in [-0.2, 0) is 9.53 Å². The third kappa shape index (κ3) is 5.03. The van der Waals surface area contributed by atoms with Gasteiger partial charge >= 0.3 is 6.09 Å². The molecule has 0 atom stereocenters. The molecule has 0 spiro atoms. The fourth-order valence-electron chi connectivity index (χ4n) is 3.64. The number of hydrogen-bond donors (Lipinski definition) is 0. The van der Waals surface area contributed by atoms with Crippen molar-refractivity contribution < 1.29 is 23.5 Å². The lowest BCUT2D eigenvalue weighted by Gasteiger charge is -2.35. The van der Waals surface area contributed by atoms with Crippen molar-refractivity contribution in [3.63, 3.8) is 0 Å². The van der Waals surface area contributed by atoms with Gasteiger partial charge in [-0.1, -0.05) is 0 Å². The molecule has 2 aromatic rings. The molecule has 0 N–H and O–H groups in total. The molecule has 31 heavy (non-hydrogen) atoms. The summed E-state index contributed by atoms with van der Waals surface area (Å²) in [6.07, 6.45) is 1.30. The Morgan fingerprint density at radius 3 is 2.26 bits per heavy atom. The van der Waals surface area contributed by atoms with Crippen LogP contribution in [0.25, 0.3) is 16.5 Å². The maximum atomic E-state index is 12.9. The highest BCUT2D eigenvalue weighted by Crippen LogP contribution is 2.34. The van der Waals surface area contributed by atoms with Gasteiger partial charge in [-0.3, -0.25) is 4.79 Å². The molecule has 1 aliphatic heterocycles. The van der Waals surface area contributed by atoms with E-state index in [1.165, 1.54) is 0 Å². The number of carbonyl (C=O) groups excluding carboxylic acids is 2. The highest BCUT2D eigenvalue weighted by molar-refractivity contribution is 5.97. The second-order valence-electron chi connectivity index (χ2n) is 8.95. The Morgan fingerprint density at radius 2 is 1.68 bits per heavy atom. The van der Waals surface area contributed by atoms with E-state index in [0.29, 0.717) is 31.9 Å². The van der Waals surface area contributed by atoms with Gasteiger partial charge in [0, 0.05) is 49.3 Å². The average molecular weight is 429 g/mol. The van der Waals surface area contributed by atoms with Crippen molar-refractivity contribution in [3.8, 4) is 5.75 Å². The smallest absolute Gasteiger partial charge is 0.410 e. The topological polar surface area (TPSA) is 72.2 Å². The number of nitrogens with zero attached hydrogens (tertiary/aromatic N) is 2. The van der Waals surface area contributed by atoms with Gasteiger partial charge in [-0.15, -0.1) is 0 Å². The van der Waals surface area contributed by atoms with Gasteiger partial charge in [-0.25, -0.2) is 4.79 Å². The standard InChI is InChI=1S/C24H32N2O5/c1-15(18-13-19-16(2)17(3)30-21(19)14-20(18)29-7)12-22(27)25-8-10-26(11-9-25)23(28)31-24(4,5)6/h12-14H,8-11H2,1-7H3/b15-12+. The summed E-state index contributed by atoms with van der Waals surface area (Å²) in [4.78, 5) is 28.5. The van der Waals surface area contributed by atoms with E-state index in [9.17, 15) is 9.59 Å². The molecule has 0 saturated carbocycles. The van der Waals surface area contributed by atoms with Crippen LogP contribution in [0.5, 0.6) is 5.75 Å². The largest absolute Gasteiger partial charge is 0.496 e. The van der Waals surface area contributed by atoms with E-state index in [-0.39, 0.29) is 12.0 Å². The summed E-state index contributed by atoms with van der Waals surface area (Å²) in [5, 5.41) is 1.01. The van der Waals surface area contributed by atoms with E-state index in [2.05, 4.69) is 0 Å². The van der Waals surface area contributed by atoms with Crippen LogP contribution in [0.4, 0.5) is 4.79 Å². The monoisotopic (exact) mass is 428 g/mol. The molecule has 2 heterocycles. The number of amides is 2. The van der Waals surface area contributed by atoms with Gasteiger partial charge in [0.15, 0.2) is 0 Å². The summed E-state index contributed by atoms with van der Waals surface area (Å²) in [6.45, 7) is 13.2. The van der Waals surface area contributed by atoms with E-state index in [4.69, 9.17) is 13.9 Å². The lowest BCUT2D eigenvalue weighted by atomic mass is 10.0. The number of hydrogen-bond acceptors (Lipinski definition) is 5. The van der Waals surface area contributed by atoms with E-state index in [0.717, 1.165) is 33.4 Å². The van der Waals surface area contributed by atoms with Gasteiger partial charge in [-0.2, -0.15) is 0 Å². The summed E-state index contributed by atoms with van der Waals surface area (Å²) in [6, 6.07) is 3.88. The first-order valence-electron chi connectivity index (χ1n) is 10.5. The third-order valence-electron chi connectivity index (χ3n) is 5.50. The van der Waals surface area contributed by atoms with Crippen LogP contribution in [0.1, 0.15) is 44.6 Å². The zero-order valence-corrected chi connectivity index (χ0v) is 19.5. The summed E-state index contributed by atoms with van der Waals surface area (Å²) in [5.41, 5.74) is 3.00. The van der Waals surface area contributed by atoms with Crippen molar-refractivity contribution in [1.82, 2.24) is 9.80 Å². The zero-order chi connectivity index (χ0) is 22.9. The first-order valence-corrected chi connectivity index (χ1v) is 10.5. The highest BCUT2D eigenvalue weighted by Gasteiger charge is 2.27. The quantitative estimate of drug-likeness (QED) is 0.671. The Kier molecular flexibility index (Phi) is 6.34. The Balaban J connectivity index is 1.73. The summed E-state index contributed by atoms with van der Waals surface area (Å²) >= 11 is 0. The molecule has 1 fully saturated rings. The number of methoxy groups -OCH3 is 1. The minimum atomic E-state index is -0.532. The molecule has 0 aliphatic carbocycles.